The maximum absolute atomic E-state index is 13.8. The van der Waals surface area contributed by atoms with Crippen molar-refractivity contribution in [3.8, 4) is 11.5 Å². The Labute approximate surface area is 204 Å². The number of rotatable bonds is 6. The molecule has 8 nitrogen and oxygen atoms in total. The number of fused-ring (bicyclic) bond motifs is 3. The average Bonchev–Trinajstić information content (AvgIpc) is 3.17. The smallest absolute Gasteiger partial charge is 0.268 e. The molecule has 10 heteroatoms. The van der Waals surface area contributed by atoms with Crippen molar-refractivity contribution in [3.05, 3.63) is 89.6 Å². The number of phenolic OH excluding ortho intramolecular Hbond substituents is 1. The number of ether oxygens (including phenoxy) is 1. The zero-order valence-electron chi connectivity index (χ0n) is 19.0. The highest BCUT2D eigenvalue weighted by atomic mass is 32.2. The molecular formula is C25H24N2O6S2. The SMILES string of the molecule is COc1cc2c(cc1O)c1c(n2S(=O)(=O)c2ccccc2)CN(S(=O)(=O)Cc2ccccc2)CC1. The quantitative estimate of drug-likeness (QED) is 0.424. The van der Waals surface area contributed by atoms with Crippen LogP contribution in [0.3, 0.4) is 0 Å². The van der Waals surface area contributed by atoms with Crippen LogP contribution in [0.25, 0.3) is 10.9 Å². The van der Waals surface area contributed by atoms with E-state index in [9.17, 15) is 21.9 Å². The molecule has 1 aliphatic rings. The second-order valence-corrected chi connectivity index (χ2v) is 12.1. The van der Waals surface area contributed by atoms with Crippen LogP contribution in [0.1, 0.15) is 16.8 Å². The topological polar surface area (TPSA) is 106 Å². The van der Waals surface area contributed by atoms with Crippen LogP contribution in [0.2, 0.25) is 0 Å². The van der Waals surface area contributed by atoms with E-state index < -0.39 is 20.0 Å². The largest absolute Gasteiger partial charge is 0.504 e. The molecule has 0 fully saturated rings. The molecule has 0 saturated carbocycles. The number of aromatic nitrogens is 1. The Bertz CT molecular complexity index is 1610. The molecule has 1 aromatic heterocycles. The first-order valence-corrected chi connectivity index (χ1v) is 14.0. The second kappa shape index (κ2) is 8.71. The van der Waals surface area contributed by atoms with Gasteiger partial charge < -0.3 is 9.84 Å². The van der Waals surface area contributed by atoms with Crippen molar-refractivity contribution in [2.75, 3.05) is 13.7 Å². The number of hydrogen-bond donors (Lipinski definition) is 1. The molecule has 0 amide bonds. The highest BCUT2D eigenvalue weighted by Gasteiger charge is 2.35. The van der Waals surface area contributed by atoms with E-state index in [0.717, 1.165) is 0 Å². The summed E-state index contributed by atoms with van der Waals surface area (Å²) in [6, 6.07) is 19.8. The van der Waals surface area contributed by atoms with Gasteiger partial charge in [0.05, 0.1) is 35.5 Å². The Morgan fingerprint density at radius 3 is 2.26 bits per heavy atom. The first kappa shape index (κ1) is 23.4. The minimum Gasteiger partial charge on any atom is -0.504 e. The van der Waals surface area contributed by atoms with Crippen molar-refractivity contribution in [1.29, 1.82) is 0 Å². The maximum atomic E-state index is 13.8. The van der Waals surface area contributed by atoms with Gasteiger partial charge in [-0.1, -0.05) is 48.5 Å². The van der Waals surface area contributed by atoms with Crippen LogP contribution < -0.4 is 4.74 Å². The van der Waals surface area contributed by atoms with E-state index in [1.807, 2.05) is 6.07 Å². The molecule has 1 aliphatic heterocycles. The van der Waals surface area contributed by atoms with Crippen LogP contribution in [0.5, 0.6) is 11.5 Å². The number of methoxy groups -OCH3 is 1. The van der Waals surface area contributed by atoms with Crippen molar-refractivity contribution in [2.24, 2.45) is 0 Å². The predicted octanol–water partition coefficient (Wildman–Crippen LogP) is 3.48. The normalized spacial score (nSPS) is 14.7. The Morgan fingerprint density at radius 2 is 1.60 bits per heavy atom. The lowest BCUT2D eigenvalue weighted by Crippen LogP contribution is -2.38. The Balaban J connectivity index is 1.68. The van der Waals surface area contributed by atoms with Gasteiger partial charge in [-0.25, -0.2) is 20.8 Å². The lowest BCUT2D eigenvalue weighted by Gasteiger charge is -2.27. The van der Waals surface area contributed by atoms with E-state index >= 15 is 0 Å². The molecular weight excluding hydrogens is 488 g/mol. The molecule has 0 spiro atoms. The van der Waals surface area contributed by atoms with Crippen LogP contribution in [0.15, 0.2) is 77.7 Å². The first-order valence-electron chi connectivity index (χ1n) is 11.0. The third kappa shape index (κ3) is 4.07. The molecule has 5 rings (SSSR count). The van der Waals surface area contributed by atoms with Gasteiger partial charge in [0.2, 0.25) is 10.0 Å². The van der Waals surface area contributed by atoms with E-state index in [4.69, 9.17) is 4.74 Å². The van der Waals surface area contributed by atoms with Gasteiger partial charge in [-0.15, -0.1) is 0 Å². The van der Waals surface area contributed by atoms with Crippen molar-refractivity contribution >= 4 is 30.9 Å². The van der Waals surface area contributed by atoms with Gasteiger partial charge in [-0.2, -0.15) is 4.31 Å². The van der Waals surface area contributed by atoms with Gasteiger partial charge in [0.15, 0.2) is 11.5 Å². The van der Waals surface area contributed by atoms with Gasteiger partial charge >= 0.3 is 0 Å². The summed E-state index contributed by atoms with van der Waals surface area (Å²) in [7, 11) is -6.40. The van der Waals surface area contributed by atoms with Gasteiger partial charge in [-0.05, 0) is 35.7 Å². The van der Waals surface area contributed by atoms with Crippen LogP contribution in [0.4, 0.5) is 0 Å². The molecule has 3 aromatic carbocycles. The van der Waals surface area contributed by atoms with Gasteiger partial charge in [-0.3, -0.25) is 0 Å². The highest BCUT2D eigenvalue weighted by Crippen LogP contribution is 2.40. The number of aromatic hydroxyl groups is 1. The minimum atomic E-state index is -4.07. The number of hydrogen-bond acceptors (Lipinski definition) is 6. The summed E-state index contributed by atoms with van der Waals surface area (Å²) >= 11 is 0. The number of sulfonamides is 1. The summed E-state index contributed by atoms with van der Waals surface area (Å²) in [5.74, 6) is -0.162. The Kier molecular flexibility index (Phi) is 5.82. The molecule has 0 aliphatic carbocycles. The molecule has 35 heavy (non-hydrogen) atoms. The van der Waals surface area contributed by atoms with Crippen LogP contribution in [0, 0.1) is 0 Å². The van der Waals surface area contributed by atoms with E-state index in [2.05, 4.69) is 0 Å². The summed E-state index contributed by atoms with van der Waals surface area (Å²) in [6.07, 6.45) is 0.308. The third-order valence-electron chi connectivity index (χ3n) is 6.24. The highest BCUT2D eigenvalue weighted by molar-refractivity contribution is 7.90. The summed E-state index contributed by atoms with van der Waals surface area (Å²) in [4.78, 5) is 0.0796. The zero-order chi connectivity index (χ0) is 24.8. The third-order valence-corrected chi connectivity index (χ3v) is 9.80. The molecule has 0 unspecified atom stereocenters. The van der Waals surface area contributed by atoms with Crippen LogP contribution >= 0.6 is 0 Å². The van der Waals surface area contributed by atoms with Crippen molar-refractivity contribution < 1.29 is 26.7 Å². The average molecular weight is 513 g/mol. The monoisotopic (exact) mass is 512 g/mol. The summed E-state index contributed by atoms with van der Waals surface area (Å²) in [6.45, 7) is 0.105. The lowest BCUT2D eigenvalue weighted by atomic mass is 10.0. The van der Waals surface area contributed by atoms with E-state index in [1.165, 1.54) is 39.7 Å². The Morgan fingerprint density at radius 1 is 0.943 bits per heavy atom. The van der Waals surface area contributed by atoms with Gasteiger partial charge in [0.25, 0.3) is 10.0 Å². The van der Waals surface area contributed by atoms with E-state index in [-0.39, 0.29) is 35.2 Å². The van der Waals surface area contributed by atoms with Crippen molar-refractivity contribution in [2.45, 2.75) is 23.6 Å². The molecule has 182 valence electrons. The minimum absolute atomic E-state index is 0.0796. The van der Waals surface area contributed by atoms with Crippen molar-refractivity contribution in [1.82, 2.24) is 8.28 Å². The fourth-order valence-electron chi connectivity index (χ4n) is 4.56. The van der Waals surface area contributed by atoms with Gasteiger partial charge in [0, 0.05) is 18.0 Å². The predicted molar refractivity (Wildman–Crippen MR) is 132 cm³/mol. The fourth-order valence-corrected chi connectivity index (χ4v) is 7.63. The maximum Gasteiger partial charge on any atom is 0.268 e. The van der Waals surface area contributed by atoms with Gasteiger partial charge in [0.1, 0.15) is 0 Å². The number of nitrogens with zero attached hydrogens (tertiary/aromatic N) is 2. The standard InChI is InChI=1S/C25H24N2O6S2/c1-33-25-15-22-21(14-24(25)28)20-12-13-26(34(29,30)17-18-8-4-2-5-9-18)16-23(20)27(22)35(31,32)19-10-6-3-7-11-19/h2-11,14-15,28H,12-13,16-17H2,1H3. The van der Waals surface area contributed by atoms with Crippen LogP contribution in [-0.2, 0) is 38.8 Å². The molecule has 1 N–H and O–H groups in total. The fraction of sp³-hybridized carbons (Fsp3) is 0.200. The molecule has 0 radical (unpaired) electrons. The van der Waals surface area contributed by atoms with Crippen molar-refractivity contribution in [3.63, 3.8) is 0 Å². The second-order valence-electron chi connectivity index (χ2n) is 8.37. The Hall–Kier alpha value is -3.34. The first-order chi connectivity index (χ1) is 16.7. The summed E-state index contributed by atoms with van der Waals surface area (Å²) in [5, 5.41) is 10.9. The molecule has 2 heterocycles. The molecule has 0 saturated heterocycles. The molecule has 0 bridgehead atoms. The molecule has 0 atom stereocenters. The van der Waals surface area contributed by atoms with E-state index in [0.29, 0.717) is 34.1 Å². The number of phenols is 1. The summed E-state index contributed by atoms with van der Waals surface area (Å²) < 4.78 is 61.9. The zero-order valence-corrected chi connectivity index (χ0v) is 20.6. The van der Waals surface area contributed by atoms with Crippen LogP contribution in [-0.4, -0.2) is 43.9 Å². The summed E-state index contributed by atoms with van der Waals surface area (Å²) in [5.41, 5.74) is 2.05. The van der Waals surface area contributed by atoms with E-state index in [1.54, 1.807) is 42.5 Å². The number of benzene rings is 3. The lowest BCUT2D eigenvalue weighted by molar-refractivity contribution is 0.374. The molecule has 4 aromatic rings.